The van der Waals surface area contributed by atoms with Crippen LogP contribution in [0, 0.1) is 0 Å². The molecule has 0 amide bonds. The molecule has 4 aromatic carbocycles. The van der Waals surface area contributed by atoms with Crippen LogP contribution in [0.15, 0.2) is 78.9 Å². The summed E-state index contributed by atoms with van der Waals surface area (Å²) in [5.41, 5.74) is 2.98. The number of methoxy groups -OCH3 is 3. The number of anilines is 1. The molecule has 8 nitrogen and oxygen atoms in total. The van der Waals surface area contributed by atoms with Crippen molar-refractivity contribution in [2.24, 2.45) is 0 Å². The molecule has 4 aromatic rings. The lowest BCUT2D eigenvalue weighted by Crippen LogP contribution is -2.35. The summed E-state index contributed by atoms with van der Waals surface area (Å²) in [6, 6.07) is 24.1. The van der Waals surface area contributed by atoms with Gasteiger partial charge in [-0.05, 0) is 90.5 Å². The zero-order valence-corrected chi connectivity index (χ0v) is 28.7. The molecular weight excluding hydrogens is 590 g/mol. The quantitative estimate of drug-likeness (QED) is 0.142. The normalized spacial score (nSPS) is 13.4. The fourth-order valence-electron chi connectivity index (χ4n) is 6.36. The second kappa shape index (κ2) is 14.9. The summed E-state index contributed by atoms with van der Waals surface area (Å²) in [5.74, 6) is 1.76. The highest BCUT2D eigenvalue weighted by atomic mass is 16.5. The molecule has 47 heavy (non-hydrogen) atoms. The van der Waals surface area contributed by atoms with Crippen LogP contribution in [0.2, 0.25) is 0 Å². The van der Waals surface area contributed by atoms with Crippen LogP contribution in [0.3, 0.4) is 0 Å². The molecule has 1 aliphatic heterocycles. The summed E-state index contributed by atoms with van der Waals surface area (Å²) in [7, 11) is 13.1. The number of hydrogen-bond acceptors (Lipinski definition) is 8. The van der Waals surface area contributed by atoms with Crippen LogP contribution in [0.1, 0.15) is 39.9 Å². The van der Waals surface area contributed by atoms with Gasteiger partial charge in [-0.15, -0.1) is 0 Å². The Kier molecular flexibility index (Phi) is 10.7. The summed E-state index contributed by atoms with van der Waals surface area (Å²) in [6.07, 6.45) is 5.98. The predicted octanol–water partition coefficient (Wildman–Crippen LogP) is 6.70. The molecule has 0 aliphatic carbocycles. The first-order valence-corrected chi connectivity index (χ1v) is 16.1. The Morgan fingerprint density at radius 2 is 1.21 bits per heavy atom. The van der Waals surface area contributed by atoms with Crippen LogP contribution in [0.4, 0.5) is 5.69 Å². The number of benzene rings is 4. The van der Waals surface area contributed by atoms with E-state index >= 15 is 0 Å². The first-order valence-electron chi connectivity index (χ1n) is 16.1. The third-order valence-corrected chi connectivity index (χ3v) is 8.74. The smallest absolute Gasteiger partial charge is 0.340 e. The van der Waals surface area contributed by atoms with Crippen LogP contribution in [0.5, 0.6) is 17.2 Å². The highest BCUT2D eigenvalue weighted by molar-refractivity contribution is 6.13. The van der Waals surface area contributed by atoms with Gasteiger partial charge in [-0.2, -0.15) is 0 Å². The highest BCUT2D eigenvalue weighted by Gasteiger charge is 2.40. The van der Waals surface area contributed by atoms with Gasteiger partial charge in [0.1, 0.15) is 17.2 Å². The first-order chi connectivity index (χ1) is 22.7. The van der Waals surface area contributed by atoms with Crippen LogP contribution < -0.4 is 19.1 Å². The van der Waals surface area contributed by atoms with Crippen LogP contribution in [-0.4, -0.2) is 91.5 Å². The molecule has 8 heteroatoms. The molecule has 5 rings (SSSR count). The first kappa shape index (κ1) is 33.8. The fraction of sp³-hybridized carbons (Fsp3) is 0.359. The Bertz CT molecular complexity index is 1640. The van der Waals surface area contributed by atoms with Crippen molar-refractivity contribution in [3.8, 4) is 17.2 Å². The topological polar surface area (TPSA) is 63.7 Å². The van der Waals surface area contributed by atoms with Gasteiger partial charge in [0, 0.05) is 40.6 Å². The van der Waals surface area contributed by atoms with Crippen molar-refractivity contribution in [3.05, 3.63) is 101 Å². The minimum Gasteiger partial charge on any atom is -0.497 e. The molecule has 248 valence electrons. The molecule has 0 spiro atoms. The molecule has 0 radical (unpaired) electrons. The molecule has 0 aromatic heterocycles. The minimum absolute atomic E-state index is 0.387. The van der Waals surface area contributed by atoms with Gasteiger partial charge >= 0.3 is 5.97 Å². The lowest BCUT2D eigenvalue weighted by molar-refractivity contribution is 0.0599. The Labute approximate surface area is 279 Å². The predicted molar refractivity (Wildman–Crippen MR) is 190 cm³/mol. The molecule has 0 atom stereocenters. The van der Waals surface area contributed by atoms with Crippen LogP contribution in [0.25, 0.3) is 16.8 Å². The number of carbonyl (C=O) groups excluding carboxylic acids is 1. The second-order valence-corrected chi connectivity index (χ2v) is 12.4. The number of hydrogen-bond donors (Lipinski definition) is 0. The summed E-state index contributed by atoms with van der Waals surface area (Å²) in [5, 5.41) is 1.89. The maximum absolute atomic E-state index is 13.9. The van der Waals surface area contributed by atoms with E-state index in [1.807, 2.05) is 72.8 Å². The number of nitrogens with zero attached hydrogens (tertiary/aromatic N) is 3. The van der Waals surface area contributed by atoms with Gasteiger partial charge in [0.2, 0.25) is 0 Å². The molecule has 0 saturated heterocycles. The monoisotopic (exact) mass is 637 g/mol. The Hall–Kier alpha value is -4.53. The maximum atomic E-state index is 13.9. The summed E-state index contributed by atoms with van der Waals surface area (Å²) in [4.78, 5) is 20.6. The Morgan fingerprint density at radius 3 is 1.68 bits per heavy atom. The van der Waals surface area contributed by atoms with E-state index in [-0.39, 0.29) is 5.97 Å². The second-order valence-electron chi connectivity index (χ2n) is 12.4. The highest BCUT2D eigenvalue weighted by Crippen LogP contribution is 2.50. The average Bonchev–Trinajstić information content (AvgIpc) is 3.09. The molecule has 1 aliphatic rings. The van der Waals surface area contributed by atoms with Crippen molar-refractivity contribution in [1.82, 2.24) is 9.80 Å². The standard InChI is InChI=1S/C39H47N3O5/c1-40(2)24-10-26-42(27-11-25-41(3)4)36-32-12-8-9-13-33(32)37-34(35(36)38(43)46-7)22-23-39(47-37,28-14-18-30(44-5)19-15-28)29-16-20-31(45-6)21-17-29/h8-9,12-23H,10-11,24-27H2,1-7H3. The van der Waals surface area contributed by atoms with Crippen molar-refractivity contribution >= 4 is 28.5 Å². The van der Waals surface area contributed by atoms with E-state index in [2.05, 4.69) is 55.0 Å². The largest absolute Gasteiger partial charge is 0.497 e. The van der Waals surface area contributed by atoms with Crippen LogP contribution in [-0.2, 0) is 10.3 Å². The number of fused-ring (bicyclic) bond motifs is 3. The Morgan fingerprint density at radius 1 is 0.702 bits per heavy atom. The van der Waals surface area contributed by atoms with E-state index in [1.165, 1.54) is 7.11 Å². The number of esters is 1. The van der Waals surface area contributed by atoms with E-state index in [0.29, 0.717) is 16.9 Å². The van der Waals surface area contributed by atoms with Gasteiger partial charge in [0.15, 0.2) is 5.60 Å². The van der Waals surface area contributed by atoms with Crippen molar-refractivity contribution in [1.29, 1.82) is 0 Å². The van der Waals surface area contributed by atoms with Gasteiger partial charge in [-0.1, -0.05) is 48.5 Å². The zero-order chi connectivity index (χ0) is 33.6. The molecule has 1 heterocycles. The summed E-state index contributed by atoms with van der Waals surface area (Å²) < 4.78 is 23.7. The van der Waals surface area contributed by atoms with Gasteiger partial charge in [-0.25, -0.2) is 4.79 Å². The molecular formula is C39H47N3O5. The fourth-order valence-corrected chi connectivity index (χ4v) is 6.36. The molecule has 0 N–H and O–H groups in total. The van der Waals surface area contributed by atoms with E-state index in [4.69, 9.17) is 18.9 Å². The van der Waals surface area contributed by atoms with Gasteiger partial charge in [0.25, 0.3) is 0 Å². The van der Waals surface area contributed by atoms with E-state index < -0.39 is 5.60 Å². The lowest BCUT2D eigenvalue weighted by atomic mass is 9.82. The van der Waals surface area contributed by atoms with E-state index in [9.17, 15) is 4.79 Å². The molecule has 0 unspecified atom stereocenters. The maximum Gasteiger partial charge on any atom is 0.340 e. The Balaban J connectivity index is 1.75. The number of carbonyl (C=O) groups is 1. The van der Waals surface area contributed by atoms with Gasteiger partial charge in [-0.3, -0.25) is 0 Å². The van der Waals surface area contributed by atoms with Crippen molar-refractivity contribution in [2.75, 3.05) is 80.6 Å². The molecule has 0 saturated carbocycles. The van der Waals surface area contributed by atoms with Gasteiger partial charge in [0.05, 0.1) is 32.6 Å². The molecule has 0 bridgehead atoms. The molecule has 0 fully saturated rings. The van der Waals surface area contributed by atoms with Crippen molar-refractivity contribution < 1.29 is 23.7 Å². The van der Waals surface area contributed by atoms with E-state index in [1.54, 1.807) is 14.2 Å². The lowest BCUT2D eigenvalue weighted by Gasteiger charge is -2.38. The van der Waals surface area contributed by atoms with Gasteiger partial charge < -0.3 is 33.6 Å². The number of rotatable bonds is 14. The van der Waals surface area contributed by atoms with Crippen molar-refractivity contribution in [3.63, 3.8) is 0 Å². The third kappa shape index (κ3) is 7.09. The summed E-state index contributed by atoms with van der Waals surface area (Å²) >= 11 is 0. The summed E-state index contributed by atoms with van der Waals surface area (Å²) in [6.45, 7) is 3.47. The SMILES string of the molecule is COC(=O)c1c2c(c3ccccc3c1N(CCCN(C)C)CCCN(C)C)OC(c1ccc(OC)cc1)(c1ccc(OC)cc1)C=C2. The van der Waals surface area contributed by atoms with E-state index in [0.717, 1.165) is 78.1 Å². The van der Waals surface area contributed by atoms with Crippen LogP contribution >= 0.6 is 0 Å². The minimum atomic E-state index is -0.986. The zero-order valence-electron chi connectivity index (χ0n) is 28.7. The number of ether oxygens (including phenoxy) is 4. The average molecular weight is 638 g/mol. The van der Waals surface area contributed by atoms with Crippen molar-refractivity contribution in [2.45, 2.75) is 18.4 Å². The third-order valence-electron chi connectivity index (χ3n) is 8.74.